The van der Waals surface area contributed by atoms with Crippen molar-refractivity contribution in [2.45, 2.75) is 52.6 Å². The zero-order valence-corrected chi connectivity index (χ0v) is 12.8. The molecular formula is C13H21BrN2O. The van der Waals surface area contributed by atoms with E-state index in [-0.39, 0.29) is 17.5 Å². The van der Waals surface area contributed by atoms with Crippen LogP contribution in [0, 0.1) is 0 Å². The van der Waals surface area contributed by atoms with Crippen LogP contribution in [0.5, 0.6) is 0 Å². The van der Waals surface area contributed by atoms with E-state index in [1.165, 1.54) is 0 Å². The van der Waals surface area contributed by atoms with E-state index >= 15 is 0 Å². The molecule has 4 heteroatoms. The number of hydrogen-bond donors (Lipinski definition) is 1. The van der Waals surface area contributed by atoms with E-state index in [0.717, 1.165) is 10.9 Å². The Labute approximate surface area is 112 Å². The van der Waals surface area contributed by atoms with Crippen LogP contribution in [0.3, 0.4) is 0 Å². The highest BCUT2D eigenvalue weighted by Crippen LogP contribution is 2.20. The average molecular weight is 301 g/mol. The Morgan fingerprint density at radius 3 is 2.59 bits per heavy atom. The zero-order valence-electron chi connectivity index (χ0n) is 11.2. The van der Waals surface area contributed by atoms with Gasteiger partial charge in [-0.2, -0.15) is 0 Å². The van der Waals surface area contributed by atoms with Crippen molar-refractivity contribution in [3.05, 3.63) is 22.4 Å². The lowest BCUT2D eigenvalue weighted by molar-refractivity contribution is 0.0900. The van der Waals surface area contributed by atoms with Crippen LogP contribution in [-0.4, -0.2) is 16.0 Å². The topological polar surface area (TPSA) is 34.0 Å². The highest BCUT2D eigenvalue weighted by Gasteiger charge is 2.22. The van der Waals surface area contributed by atoms with Gasteiger partial charge in [0.1, 0.15) is 5.69 Å². The summed E-state index contributed by atoms with van der Waals surface area (Å²) in [6.07, 6.45) is 2.85. The van der Waals surface area contributed by atoms with E-state index in [4.69, 9.17) is 0 Å². The summed E-state index contributed by atoms with van der Waals surface area (Å²) in [7, 11) is 0. The third kappa shape index (κ3) is 3.60. The molecule has 1 aromatic heterocycles. The number of hydrogen-bond acceptors (Lipinski definition) is 1. The van der Waals surface area contributed by atoms with Gasteiger partial charge in [0.2, 0.25) is 0 Å². The molecule has 1 rings (SSSR count). The molecule has 0 unspecified atom stereocenters. The number of rotatable bonds is 4. The second-order valence-corrected chi connectivity index (χ2v) is 6.15. The molecule has 1 heterocycles. The van der Waals surface area contributed by atoms with Crippen molar-refractivity contribution in [3.63, 3.8) is 0 Å². The molecule has 0 bridgehead atoms. The lowest BCUT2D eigenvalue weighted by Crippen LogP contribution is -2.43. The number of aromatic nitrogens is 1. The van der Waals surface area contributed by atoms with Crippen molar-refractivity contribution in [2.75, 3.05) is 0 Å². The predicted molar refractivity (Wildman–Crippen MR) is 74.4 cm³/mol. The fraction of sp³-hybridized carbons (Fsp3) is 0.615. The Kier molecular flexibility index (Phi) is 4.42. The highest BCUT2D eigenvalue weighted by atomic mass is 79.9. The molecule has 0 saturated heterocycles. The van der Waals surface area contributed by atoms with Crippen LogP contribution < -0.4 is 5.32 Å². The van der Waals surface area contributed by atoms with Gasteiger partial charge < -0.3 is 9.88 Å². The molecule has 0 aliphatic carbocycles. The van der Waals surface area contributed by atoms with E-state index in [0.29, 0.717) is 5.69 Å². The Morgan fingerprint density at radius 2 is 2.12 bits per heavy atom. The van der Waals surface area contributed by atoms with Crippen LogP contribution in [0.1, 0.15) is 57.6 Å². The first-order chi connectivity index (χ1) is 7.76. The Hall–Kier alpha value is -0.770. The van der Waals surface area contributed by atoms with Crippen LogP contribution in [0.15, 0.2) is 16.7 Å². The first kappa shape index (κ1) is 14.3. The van der Waals surface area contributed by atoms with Crippen molar-refractivity contribution in [3.8, 4) is 0 Å². The second-order valence-electron chi connectivity index (χ2n) is 5.24. The van der Waals surface area contributed by atoms with E-state index in [2.05, 4.69) is 42.0 Å². The van der Waals surface area contributed by atoms with Gasteiger partial charge in [-0.3, -0.25) is 4.79 Å². The van der Waals surface area contributed by atoms with Gasteiger partial charge in [-0.05, 0) is 56.1 Å². The summed E-state index contributed by atoms with van der Waals surface area (Å²) in [6.45, 7) is 10.3. The second kappa shape index (κ2) is 5.25. The summed E-state index contributed by atoms with van der Waals surface area (Å²) in [6, 6.07) is 2.13. The van der Waals surface area contributed by atoms with Crippen molar-refractivity contribution in [2.24, 2.45) is 0 Å². The van der Waals surface area contributed by atoms with Crippen LogP contribution in [0.4, 0.5) is 0 Å². The number of nitrogens with one attached hydrogen (secondary N) is 1. The third-order valence-corrected chi connectivity index (χ3v) is 3.37. The van der Waals surface area contributed by atoms with E-state index in [1.807, 2.05) is 30.7 Å². The molecule has 0 saturated carbocycles. The quantitative estimate of drug-likeness (QED) is 0.903. The number of halogens is 1. The number of carbonyl (C=O) groups excluding carboxylic acids is 1. The predicted octanol–water partition coefficient (Wildman–Crippen LogP) is 3.75. The summed E-state index contributed by atoms with van der Waals surface area (Å²) < 4.78 is 2.91. The molecule has 0 spiro atoms. The minimum atomic E-state index is -0.171. The molecule has 3 nitrogen and oxygen atoms in total. The van der Waals surface area contributed by atoms with E-state index < -0.39 is 0 Å². The summed E-state index contributed by atoms with van der Waals surface area (Å²) in [5.41, 5.74) is 0.531. The maximum absolute atomic E-state index is 12.2. The third-order valence-electron chi connectivity index (χ3n) is 2.94. The average Bonchev–Trinajstić information content (AvgIpc) is 2.60. The van der Waals surface area contributed by atoms with Gasteiger partial charge in [0.15, 0.2) is 0 Å². The standard InChI is InChI=1S/C13H21BrN2O/c1-6-13(4,5)15-12(17)11-7-10(14)8-16(11)9(2)3/h7-9H,6H2,1-5H3,(H,15,17). The molecule has 0 atom stereocenters. The summed E-state index contributed by atoms with van der Waals surface area (Å²) >= 11 is 3.42. The Morgan fingerprint density at radius 1 is 1.53 bits per heavy atom. The number of amides is 1. The van der Waals surface area contributed by atoms with Crippen LogP contribution in [0.25, 0.3) is 0 Å². The fourth-order valence-corrected chi connectivity index (χ4v) is 1.95. The van der Waals surface area contributed by atoms with Gasteiger partial charge in [0.05, 0.1) is 0 Å². The molecule has 0 fully saturated rings. The molecule has 17 heavy (non-hydrogen) atoms. The van der Waals surface area contributed by atoms with Gasteiger partial charge in [0, 0.05) is 22.3 Å². The van der Waals surface area contributed by atoms with Crippen molar-refractivity contribution in [1.29, 1.82) is 0 Å². The van der Waals surface area contributed by atoms with Gasteiger partial charge >= 0.3 is 0 Å². The van der Waals surface area contributed by atoms with Crippen molar-refractivity contribution < 1.29 is 4.79 Å². The SMILES string of the molecule is CCC(C)(C)NC(=O)c1cc(Br)cn1C(C)C. The molecule has 1 N–H and O–H groups in total. The molecule has 0 radical (unpaired) electrons. The lowest BCUT2D eigenvalue weighted by atomic mass is 10.0. The monoisotopic (exact) mass is 300 g/mol. The van der Waals surface area contributed by atoms with Gasteiger partial charge in [-0.25, -0.2) is 0 Å². The van der Waals surface area contributed by atoms with E-state index in [9.17, 15) is 4.79 Å². The minimum Gasteiger partial charge on any atom is -0.346 e. The Bertz CT molecular complexity index is 408. The molecule has 0 aliphatic heterocycles. The highest BCUT2D eigenvalue weighted by molar-refractivity contribution is 9.10. The van der Waals surface area contributed by atoms with Crippen molar-refractivity contribution >= 4 is 21.8 Å². The van der Waals surface area contributed by atoms with Gasteiger partial charge in [-0.1, -0.05) is 6.92 Å². The molecular weight excluding hydrogens is 280 g/mol. The molecule has 0 aliphatic rings. The lowest BCUT2D eigenvalue weighted by Gasteiger charge is -2.25. The van der Waals surface area contributed by atoms with Crippen molar-refractivity contribution in [1.82, 2.24) is 9.88 Å². The molecule has 0 aromatic carbocycles. The summed E-state index contributed by atoms with van der Waals surface area (Å²) in [5.74, 6) is -0.0174. The normalized spacial score (nSPS) is 11.9. The zero-order chi connectivity index (χ0) is 13.2. The Balaban J connectivity index is 2.96. The smallest absolute Gasteiger partial charge is 0.268 e. The number of carbonyl (C=O) groups is 1. The minimum absolute atomic E-state index is 0.0174. The molecule has 96 valence electrons. The van der Waals surface area contributed by atoms with Gasteiger partial charge in [0.25, 0.3) is 5.91 Å². The number of nitrogens with zero attached hydrogens (tertiary/aromatic N) is 1. The molecule has 1 aromatic rings. The maximum Gasteiger partial charge on any atom is 0.268 e. The summed E-state index contributed by atoms with van der Waals surface area (Å²) in [5, 5.41) is 3.05. The van der Waals surface area contributed by atoms with Gasteiger partial charge in [-0.15, -0.1) is 0 Å². The van der Waals surface area contributed by atoms with Crippen LogP contribution >= 0.6 is 15.9 Å². The fourth-order valence-electron chi connectivity index (χ4n) is 1.51. The van der Waals surface area contributed by atoms with Crippen LogP contribution in [-0.2, 0) is 0 Å². The largest absolute Gasteiger partial charge is 0.346 e. The molecule has 1 amide bonds. The first-order valence-electron chi connectivity index (χ1n) is 5.96. The van der Waals surface area contributed by atoms with Crippen LogP contribution in [0.2, 0.25) is 0 Å². The van der Waals surface area contributed by atoms with E-state index in [1.54, 1.807) is 0 Å². The first-order valence-corrected chi connectivity index (χ1v) is 6.76. The maximum atomic E-state index is 12.2. The summed E-state index contributed by atoms with van der Waals surface area (Å²) in [4.78, 5) is 12.2.